The number of cyclic esters (lactones) is 1. The molecule has 0 aliphatic carbocycles. The Balaban J connectivity index is 1.36. The highest BCUT2D eigenvalue weighted by atomic mass is 19.1. The Morgan fingerprint density at radius 1 is 1.05 bits per heavy atom. The maximum Gasteiger partial charge on any atom is 0.414 e. The van der Waals surface area contributed by atoms with Gasteiger partial charge in [0.25, 0.3) is 0 Å². The van der Waals surface area contributed by atoms with Crippen molar-refractivity contribution in [3.63, 3.8) is 0 Å². The molecule has 0 radical (unpaired) electrons. The number of benzene rings is 3. The quantitative estimate of drug-likeness (QED) is 0.432. The lowest BCUT2D eigenvalue weighted by molar-refractivity contribution is -0.122. The zero-order valence-electron chi connectivity index (χ0n) is 20.0. The molecule has 3 aromatic carbocycles. The highest BCUT2D eigenvalue weighted by molar-refractivity contribution is 5.90. The van der Waals surface area contributed by atoms with E-state index in [2.05, 4.69) is 10.6 Å². The first-order valence-electron chi connectivity index (χ1n) is 11.6. The molecule has 3 aromatic rings. The van der Waals surface area contributed by atoms with Crippen LogP contribution in [0, 0.1) is 11.6 Å². The summed E-state index contributed by atoms with van der Waals surface area (Å²) < 4.78 is 33.3. The standard InChI is InChI=1S/C27H26F2N4O4/c1-16(34)31-14-22-15-33(27(36)37-22)21-10-11-23(24(29)12-21)18-4-2-17(3-5-18)13-32-26(35)25(30)19-6-8-20(28)9-7-19/h2-12,22,25H,13-15,30H2,1H3,(H,31,34)(H,32,35). The van der Waals surface area contributed by atoms with Gasteiger partial charge < -0.3 is 21.1 Å². The van der Waals surface area contributed by atoms with Crippen molar-refractivity contribution in [2.24, 2.45) is 5.73 Å². The van der Waals surface area contributed by atoms with Crippen molar-refractivity contribution < 1.29 is 27.9 Å². The number of hydrogen-bond donors (Lipinski definition) is 3. The molecule has 0 spiro atoms. The lowest BCUT2D eigenvalue weighted by atomic mass is 10.0. The largest absolute Gasteiger partial charge is 0.442 e. The van der Waals surface area contributed by atoms with Crippen molar-refractivity contribution in [2.45, 2.75) is 25.6 Å². The Morgan fingerprint density at radius 2 is 1.76 bits per heavy atom. The summed E-state index contributed by atoms with van der Waals surface area (Å²) in [4.78, 5) is 36.9. The molecule has 4 N–H and O–H groups in total. The topological polar surface area (TPSA) is 114 Å². The SMILES string of the molecule is CC(=O)NCC1CN(c2ccc(-c3ccc(CNC(=O)C(N)c4ccc(F)cc4)cc3)c(F)c2)C(=O)O1. The molecule has 1 aliphatic heterocycles. The van der Waals surface area contributed by atoms with Gasteiger partial charge in [0.05, 0.1) is 18.8 Å². The summed E-state index contributed by atoms with van der Waals surface area (Å²) in [6, 6.07) is 15.9. The van der Waals surface area contributed by atoms with Gasteiger partial charge in [0.2, 0.25) is 11.8 Å². The van der Waals surface area contributed by atoms with E-state index in [1.807, 2.05) is 0 Å². The predicted octanol–water partition coefficient (Wildman–Crippen LogP) is 3.41. The summed E-state index contributed by atoms with van der Waals surface area (Å²) in [6.07, 6.45) is -1.12. The fourth-order valence-corrected chi connectivity index (χ4v) is 3.93. The first-order chi connectivity index (χ1) is 17.7. The average molecular weight is 509 g/mol. The number of hydrogen-bond acceptors (Lipinski definition) is 5. The molecule has 3 amide bonds. The van der Waals surface area contributed by atoms with Crippen LogP contribution in [0.25, 0.3) is 11.1 Å². The van der Waals surface area contributed by atoms with Crippen LogP contribution < -0.4 is 21.3 Å². The predicted molar refractivity (Wildman–Crippen MR) is 133 cm³/mol. The van der Waals surface area contributed by atoms with Crippen LogP contribution in [0.2, 0.25) is 0 Å². The number of nitrogens with two attached hydrogens (primary N) is 1. The van der Waals surface area contributed by atoms with Gasteiger partial charge in [-0.05, 0) is 47.0 Å². The minimum Gasteiger partial charge on any atom is -0.442 e. The number of amides is 3. The van der Waals surface area contributed by atoms with Gasteiger partial charge in [0, 0.05) is 19.0 Å². The summed E-state index contributed by atoms with van der Waals surface area (Å²) >= 11 is 0. The van der Waals surface area contributed by atoms with E-state index >= 15 is 0 Å². The molecule has 2 atom stereocenters. The molecular formula is C27H26F2N4O4. The Morgan fingerprint density at radius 3 is 2.41 bits per heavy atom. The van der Waals surface area contributed by atoms with Crippen molar-refractivity contribution in [3.05, 3.63) is 89.5 Å². The summed E-state index contributed by atoms with van der Waals surface area (Å²) in [6.45, 7) is 1.97. The number of carbonyl (C=O) groups excluding carboxylic acids is 3. The first-order valence-corrected chi connectivity index (χ1v) is 11.6. The maximum absolute atomic E-state index is 15.0. The molecule has 10 heteroatoms. The second kappa shape index (κ2) is 11.2. The number of anilines is 1. The maximum atomic E-state index is 15.0. The van der Waals surface area contributed by atoms with Crippen LogP contribution in [0.3, 0.4) is 0 Å². The average Bonchev–Trinajstić information content (AvgIpc) is 3.26. The molecule has 1 heterocycles. The second-order valence-corrected chi connectivity index (χ2v) is 8.66. The molecule has 192 valence electrons. The van der Waals surface area contributed by atoms with Crippen LogP contribution in [0.5, 0.6) is 0 Å². The molecule has 2 unspecified atom stereocenters. The van der Waals surface area contributed by atoms with Gasteiger partial charge in [-0.1, -0.05) is 36.4 Å². The van der Waals surface area contributed by atoms with E-state index in [4.69, 9.17) is 10.5 Å². The molecule has 37 heavy (non-hydrogen) atoms. The molecule has 1 saturated heterocycles. The van der Waals surface area contributed by atoms with E-state index in [0.29, 0.717) is 22.4 Å². The van der Waals surface area contributed by atoms with Gasteiger partial charge in [-0.3, -0.25) is 14.5 Å². The van der Waals surface area contributed by atoms with Crippen molar-refractivity contribution in [1.29, 1.82) is 0 Å². The fourth-order valence-electron chi connectivity index (χ4n) is 3.93. The van der Waals surface area contributed by atoms with Crippen molar-refractivity contribution >= 4 is 23.6 Å². The Bertz CT molecular complexity index is 1300. The third kappa shape index (κ3) is 6.28. The number of carbonyl (C=O) groups is 3. The number of ether oxygens (including phenoxy) is 1. The van der Waals surface area contributed by atoms with Crippen LogP contribution in [-0.4, -0.2) is 37.1 Å². The van der Waals surface area contributed by atoms with E-state index in [1.165, 1.54) is 42.2 Å². The van der Waals surface area contributed by atoms with Crippen LogP contribution >= 0.6 is 0 Å². The lowest BCUT2D eigenvalue weighted by Gasteiger charge is -2.15. The smallest absolute Gasteiger partial charge is 0.414 e. The van der Waals surface area contributed by atoms with Crippen LogP contribution in [0.4, 0.5) is 19.3 Å². The molecule has 0 saturated carbocycles. The van der Waals surface area contributed by atoms with Gasteiger partial charge in [0.1, 0.15) is 23.8 Å². The molecule has 1 aliphatic rings. The highest BCUT2D eigenvalue weighted by Gasteiger charge is 2.32. The van der Waals surface area contributed by atoms with E-state index in [-0.39, 0.29) is 25.5 Å². The molecule has 0 aromatic heterocycles. The summed E-state index contributed by atoms with van der Waals surface area (Å²) in [5.41, 5.74) is 8.55. The normalized spacial score (nSPS) is 15.7. The summed E-state index contributed by atoms with van der Waals surface area (Å²) in [5.74, 6) is -1.56. The number of nitrogens with one attached hydrogen (secondary N) is 2. The van der Waals surface area contributed by atoms with Crippen molar-refractivity contribution in [3.8, 4) is 11.1 Å². The number of rotatable bonds is 8. The number of nitrogens with zero attached hydrogens (tertiary/aromatic N) is 1. The van der Waals surface area contributed by atoms with E-state index in [0.717, 1.165) is 5.56 Å². The second-order valence-electron chi connectivity index (χ2n) is 8.66. The lowest BCUT2D eigenvalue weighted by Crippen LogP contribution is -2.33. The zero-order valence-corrected chi connectivity index (χ0v) is 20.0. The van der Waals surface area contributed by atoms with Gasteiger partial charge in [0.15, 0.2) is 0 Å². The van der Waals surface area contributed by atoms with Gasteiger partial charge >= 0.3 is 6.09 Å². The van der Waals surface area contributed by atoms with Crippen LogP contribution in [0.15, 0.2) is 66.7 Å². The van der Waals surface area contributed by atoms with Crippen LogP contribution in [-0.2, 0) is 20.9 Å². The van der Waals surface area contributed by atoms with Crippen LogP contribution in [0.1, 0.15) is 24.1 Å². The summed E-state index contributed by atoms with van der Waals surface area (Å²) in [7, 11) is 0. The zero-order chi connectivity index (χ0) is 26.5. The molecule has 1 fully saturated rings. The van der Waals surface area contributed by atoms with E-state index in [1.54, 1.807) is 36.4 Å². The van der Waals surface area contributed by atoms with Gasteiger partial charge in [-0.25, -0.2) is 13.6 Å². The van der Waals surface area contributed by atoms with E-state index < -0.39 is 35.8 Å². The molecule has 8 nitrogen and oxygen atoms in total. The fraction of sp³-hybridized carbons (Fsp3) is 0.222. The molecule has 4 rings (SSSR count). The van der Waals surface area contributed by atoms with Gasteiger partial charge in [-0.2, -0.15) is 0 Å². The minimum atomic E-state index is -0.930. The molecular weight excluding hydrogens is 482 g/mol. The Labute approximate surface area is 212 Å². The first kappa shape index (κ1) is 25.8. The van der Waals surface area contributed by atoms with Crippen molar-refractivity contribution in [1.82, 2.24) is 10.6 Å². The number of halogens is 2. The van der Waals surface area contributed by atoms with Crippen molar-refractivity contribution in [2.75, 3.05) is 18.0 Å². The van der Waals surface area contributed by atoms with Gasteiger partial charge in [-0.15, -0.1) is 0 Å². The molecule has 0 bridgehead atoms. The third-order valence-corrected chi connectivity index (χ3v) is 5.96. The monoisotopic (exact) mass is 508 g/mol. The summed E-state index contributed by atoms with van der Waals surface area (Å²) in [5, 5.41) is 5.34. The van der Waals surface area contributed by atoms with E-state index in [9.17, 15) is 23.2 Å². The highest BCUT2D eigenvalue weighted by Crippen LogP contribution is 2.29. The Kier molecular flexibility index (Phi) is 7.78. The third-order valence-electron chi connectivity index (χ3n) is 5.96. The minimum absolute atomic E-state index is 0.184. The Hall–Kier alpha value is -4.31.